The van der Waals surface area contributed by atoms with Crippen molar-refractivity contribution < 1.29 is 9.63 Å². The molecule has 0 aliphatic carbocycles. The van der Waals surface area contributed by atoms with Crippen molar-refractivity contribution >= 4 is 12.0 Å². The van der Waals surface area contributed by atoms with Crippen LogP contribution in [0.15, 0.2) is 17.3 Å². The van der Waals surface area contributed by atoms with Gasteiger partial charge in [-0.2, -0.15) is 0 Å². The quantitative estimate of drug-likeness (QED) is 0.319. The molecule has 0 aliphatic heterocycles. The summed E-state index contributed by atoms with van der Waals surface area (Å²) in [5, 5.41) is 3.38. The molecule has 0 spiro atoms. The van der Waals surface area contributed by atoms with Gasteiger partial charge in [0.2, 0.25) is 0 Å². The lowest BCUT2D eigenvalue weighted by molar-refractivity contribution is -0.112. The minimum absolute atomic E-state index is 0.00227. The van der Waals surface area contributed by atoms with Crippen molar-refractivity contribution in [1.82, 2.24) is 0 Å². The van der Waals surface area contributed by atoms with Gasteiger partial charge in [0.1, 0.15) is 7.11 Å². The monoisotopic (exact) mass is 127 g/mol. The second-order valence-corrected chi connectivity index (χ2v) is 1.41. The smallest absolute Gasteiger partial charge is 0.152 e. The number of carbonyl (C=O) groups excluding carboxylic acids is 1. The molecule has 0 N–H and O–H groups in total. The van der Waals surface area contributed by atoms with Crippen LogP contribution in [0.1, 0.15) is 6.92 Å². The lowest BCUT2D eigenvalue weighted by Gasteiger charge is -1.78. The molecule has 3 nitrogen and oxygen atoms in total. The van der Waals surface area contributed by atoms with Crippen LogP contribution >= 0.6 is 0 Å². The minimum Gasteiger partial charge on any atom is -0.399 e. The fourth-order valence-electron chi connectivity index (χ4n) is 0.275. The van der Waals surface area contributed by atoms with E-state index in [0.717, 1.165) is 0 Å². The van der Waals surface area contributed by atoms with E-state index in [-0.39, 0.29) is 5.78 Å². The van der Waals surface area contributed by atoms with Crippen LogP contribution in [0.25, 0.3) is 0 Å². The average Bonchev–Trinajstić information content (AvgIpc) is 1.80. The molecule has 0 unspecified atom stereocenters. The Morgan fingerprint density at radius 2 is 2.33 bits per heavy atom. The van der Waals surface area contributed by atoms with Crippen LogP contribution in [0.5, 0.6) is 0 Å². The molecule has 0 aromatic rings. The molecule has 0 rings (SSSR count). The van der Waals surface area contributed by atoms with Crippen molar-refractivity contribution in [2.24, 2.45) is 5.16 Å². The summed E-state index contributed by atoms with van der Waals surface area (Å²) in [5.74, 6) is -0.00227. The lowest BCUT2D eigenvalue weighted by atomic mass is 10.4. The zero-order valence-electron chi connectivity index (χ0n) is 5.50. The minimum atomic E-state index is -0.00227. The SMILES string of the molecule is CO/N=C/C=C/C(C)=O. The fraction of sp³-hybridized carbons (Fsp3) is 0.333. The van der Waals surface area contributed by atoms with Crippen LogP contribution in [-0.4, -0.2) is 19.1 Å². The van der Waals surface area contributed by atoms with Gasteiger partial charge in [0, 0.05) is 0 Å². The maximum Gasteiger partial charge on any atom is 0.152 e. The van der Waals surface area contributed by atoms with Gasteiger partial charge in [-0.15, -0.1) is 0 Å². The van der Waals surface area contributed by atoms with Crippen molar-refractivity contribution in [1.29, 1.82) is 0 Å². The zero-order chi connectivity index (χ0) is 7.11. The summed E-state index contributed by atoms with van der Waals surface area (Å²) in [6.45, 7) is 1.47. The van der Waals surface area contributed by atoms with Crippen LogP contribution in [0.2, 0.25) is 0 Å². The maximum absolute atomic E-state index is 10.2. The first kappa shape index (κ1) is 7.88. The predicted molar refractivity (Wildman–Crippen MR) is 35.3 cm³/mol. The molecule has 0 amide bonds. The van der Waals surface area contributed by atoms with E-state index < -0.39 is 0 Å². The molecule has 0 aliphatic rings. The summed E-state index contributed by atoms with van der Waals surface area (Å²) >= 11 is 0. The van der Waals surface area contributed by atoms with Gasteiger partial charge in [-0.1, -0.05) is 5.16 Å². The first-order valence-electron chi connectivity index (χ1n) is 2.51. The highest BCUT2D eigenvalue weighted by Crippen LogP contribution is 1.72. The Morgan fingerprint density at radius 1 is 1.67 bits per heavy atom. The number of nitrogens with zero attached hydrogens (tertiary/aromatic N) is 1. The van der Waals surface area contributed by atoms with Gasteiger partial charge in [-0.25, -0.2) is 0 Å². The molecule has 3 heteroatoms. The first-order valence-corrected chi connectivity index (χ1v) is 2.51. The largest absolute Gasteiger partial charge is 0.399 e. The Morgan fingerprint density at radius 3 is 2.78 bits per heavy atom. The molecule has 0 heterocycles. The number of rotatable bonds is 3. The molecule has 0 aromatic heterocycles. The normalized spacial score (nSPS) is 10.9. The van der Waals surface area contributed by atoms with E-state index in [1.807, 2.05) is 0 Å². The molecule has 0 aromatic carbocycles. The Hall–Kier alpha value is -1.12. The van der Waals surface area contributed by atoms with Crippen LogP contribution < -0.4 is 0 Å². The molecule has 0 atom stereocenters. The second kappa shape index (κ2) is 5.03. The van der Waals surface area contributed by atoms with Crippen molar-refractivity contribution in [3.05, 3.63) is 12.2 Å². The Balaban J connectivity index is 3.47. The van der Waals surface area contributed by atoms with Crippen molar-refractivity contribution in [2.45, 2.75) is 6.92 Å². The van der Waals surface area contributed by atoms with Crippen LogP contribution in [0, 0.1) is 0 Å². The molecular formula is C6H9NO2. The highest BCUT2D eigenvalue weighted by Gasteiger charge is 1.76. The average molecular weight is 127 g/mol. The van der Waals surface area contributed by atoms with Crippen LogP contribution in [0.4, 0.5) is 0 Å². The summed E-state index contributed by atoms with van der Waals surface area (Å²) in [7, 11) is 1.44. The topological polar surface area (TPSA) is 38.7 Å². The standard InChI is InChI=1S/C6H9NO2/c1-6(8)4-3-5-7-9-2/h3-5H,1-2H3/b4-3+,7-5+. The summed E-state index contributed by atoms with van der Waals surface area (Å²) in [4.78, 5) is 14.5. The lowest BCUT2D eigenvalue weighted by Crippen LogP contribution is -1.79. The third-order valence-electron chi connectivity index (χ3n) is 0.583. The molecule has 0 radical (unpaired) electrons. The first-order chi connectivity index (χ1) is 4.27. The molecule has 0 bridgehead atoms. The van der Waals surface area contributed by atoms with Gasteiger partial charge in [-0.05, 0) is 19.1 Å². The molecule has 50 valence electrons. The molecular weight excluding hydrogens is 118 g/mol. The third-order valence-corrected chi connectivity index (χ3v) is 0.583. The van der Waals surface area contributed by atoms with Crippen LogP contribution in [0.3, 0.4) is 0 Å². The molecule has 9 heavy (non-hydrogen) atoms. The van der Waals surface area contributed by atoms with Gasteiger partial charge >= 0.3 is 0 Å². The third kappa shape index (κ3) is 6.88. The molecule has 0 saturated carbocycles. The predicted octanol–water partition coefficient (Wildman–Crippen LogP) is 0.764. The van der Waals surface area contributed by atoms with Gasteiger partial charge in [0.05, 0.1) is 6.21 Å². The molecule has 0 fully saturated rings. The van der Waals surface area contributed by atoms with E-state index in [1.54, 1.807) is 0 Å². The van der Waals surface area contributed by atoms with E-state index >= 15 is 0 Å². The Bertz CT molecular complexity index is 138. The summed E-state index contributed by atoms with van der Waals surface area (Å²) in [6.07, 6.45) is 4.33. The number of oxime groups is 1. The van der Waals surface area contributed by atoms with E-state index in [4.69, 9.17) is 0 Å². The Labute approximate surface area is 54.0 Å². The second-order valence-electron chi connectivity index (χ2n) is 1.41. The van der Waals surface area contributed by atoms with E-state index in [1.165, 1.54) is 32.4 Å². The fourth-order valence-corrected chi connectivity index (χ4v) is 0.275. The summed E-state index contributed by atoms with van der Waals surface area (Å²) < 4.78 is 0. The van der Waals surface area contributed by atoms with Gasteiger partial charge < -0.3 is 4.84 Å². The highest BCUT2D eigenvalue weighted by molar-refractivity contribution is 5.91. The van der Waals surface area contributed by atoms with Gasteiger partial charge in [0.25, 0.3) is 0 Å². The molecule has 0 saturated heterocycles. The van der Waals surface area contributed by atoms with Crippen molar-refractivity contribution in [2.75, 3.05) is 7.11 Å². The number of ketones is 1. The van der Waals surface area contributed by atoms with Crippen molar-refractivity contribution in [3.63, 3.8) is 0 Å². The van der Waals surface area contributed by atoms with Gasteiger partial charge in [0.15, 0.2) is 5.78 Å². The van der Waals surface area contributed by atoms with E-state index in [9.17, 15) is 4.79 Å². The Kier molecular flexibility index (Phi) is 4.40. The van der Waals surface area contributed by atoms with Crippen LogP contribution in [-0.2, 0) is 9.63 Å². The van der Waals surface area contributed by atoms with Gasteiger partial charge in [-0.3, -0.25) is 4.79 Å². The maximum atomic E-state index is 10.2. The number of carbonyl (C=O) groups is 1. The van der Waals surface area contributed by atoms with E-state index in [0.29, 0.717) is 0 Å². The summed E-state index contributed by atoms with van der Waals surface area (Å²) in [6, 6.07) is 0. The summed E-state index contributed by atoms with van der Waals surface area (Å²) in [5.41, 5.74) is 0. The number of allylic oxidation sites excluding steroid dienone is 2. The van der Waals surface area contributed by atoms with E-state index in [2.05, 4.69) is 9.99 Å². The number of hydrogen-bond donors (Lipinski definition) is 0. The van der Waals surface area contributed by atoms with Crippen molar-refractivity contribution in [3.8, 4) is 0 Å². The highest BCUT2D eigenvalue weighted by atomic mass is 16.6. The number of hydrogen-bond acceptors (Lipinski definition) is 3. The zero-order valence-corrected chi connectivity index (χ0v) is 5.50.